The standard InChI is InChI=1S/C26H29F3N8O/c1-24(2,3)22-30-10-9-19(34-22)37-20-17(21(38)36(37)14-26(27,28)29)13-31-23(35-20)33-16-6-7-18-15(12-16)8-11-32-25(18,4)5/h6-7,9-10,12-13,32H,8,11,14H2,1-5H3,(H,31,33,35). The van der Waals surface area contributed by atoms with Gasteiger partial charge in [-0.3, -0.25) is 4.79 Å². The van der Waals surface area contributed by atoms with E-state index < -0.39 is 23.7 Å². The van der Waals surface area contributed by atoms with E-state index in [0.717, 1.165) is 23.3 Å². The molecule has 0 aliphatic carbocycles. The van der Waals surface area contributed by atoms with Crippen molar-refractivity contribution >= 4 is 22.7 Å². The molecule has 1 aliphatic heterocycles. The van der Waals surface area contributed by atoms with Gasteiger partial charge < -0.3 is 10.6 Å². The zero-order valence-electron chi connectivity index (χ0n) is 21.8. The lowest BCUT2D eigenvalue weighted by Crippen LogP contribution is -2.42. The van der Waals surface area contributed by atoms with Crippen molar-refractivity contribution in [3.8, 4) is 5.82 Å². The molecular formula is C26H29F3N8O. The maximum absolute atomic E-state index is 13.5. The number of nitrogens with one attached hydrogen (secondary N) is 2. The van der Waals surface area contributed by atoms with Crippen molar-refractivity contribution in [3.63, 3.8) is 0 Å². The van der Waals surface area contributed by atoms with Crippen LogP contribution in [0.2, 0.25) is 0 Å². The predicted octanol–water partition coefficient (Wildman–Crippen LogP) is 4.36. The Morgan fingerprint density at radius 3 is 2.58 bits per heavy atom. The summed E-state index contributed by atoms with van der Waals surface area (Å²) in [6.07, 6.45) is -1.08. The van der Waals surface area contributed by atoms with Crippen LogP contribution >= 0.6 is 0 Å². The molecule has 1 aromatic carbocycles. The van der Waals surface area contributed by atoms with Gasteiger partial charge in [-0.15, -0.1) is 0 Å². The number of hydrogen-bond donors (Lipinski definition) is 2. The van der Waals surface area contributed by atoms with Crippen LogP contribution in [0.15, 0.2) is 41.5 Å². The van der Waals surface area contributed by atoms with Gasteiger partial charge in [-0.25, -0.2) is 24.3 Å². The van der Waals surface area contributed by atoms with Crippen molar-refractivity contribution in [3.05, 3.63) is 64.0 Å². The van der Waals surface area contributed by atoms with Crippen LogP contribution in [0.1, 0.15) is 51.6 Å². The monoisotopic (exact) mass is 526 g/mol. The van der Waals surface area contributed by atoms with Crippen LogP contribution in [-0.2, 0) is 23.9 Å². The van der Waals surface area contributed by atoms with Gasteiger partial charge in [-0.05, 0) is 50.1 Å². The van der Waals surface area contributed by atoms with E-state index in [4.69, 9.17) is 0 Å². The number of hydrogen-bond acceptors (Lipinski definition) is 7. The van der Waals surface area contributed by atoms with Crippen molar-refractivity contribution in [2.45, 2.75) is 64.7 Å². The zero-order chi connectivity index (χ0) is 27.5. The molecule has 0 bridgehead atoms. The fourth-order valence-corrected chi connectivity index (χ4v) is 4.68. The Bertz CT molecular complexity index is 1580. The normalized spacial score (nSPS) is 15.5. The quantitative estimate of drug-likeness (QED) is 0.408. The first-order chi connectivity index (χ1) is 17.7. The maximum atomic E-state index is 13.5. The summed E-state index contributed by atoms with van der Waals surface area (Å²) in [6.45, 7) is 9.26. The van der Waals surface area contributed by atoms with E-state index in [2.05, 4.69) is 44.4 Å². The van der Waals surface area contributed by atoms with Crippen molar-refractivity contribution in [1.29, 1.82) is 0 Å². The number of alkyl halides is 3. The highest BCUT2D eigenvalue weighted by molar-refractivity contribution is 5.77. The Hall–Kier alpha value is -3.80. The summed E-state index contributed by atoms with van der Waals surface area (Å²) in [5, 5.41) is 6.59. The second kappa shape index (κ2) is 8.90. The SMILES string of the molecule is CC(C)(C)c1nccc(-n2c3nc(Nc4ccc5c(c4)CCNC5(C)C)ncc3c(=O)n2CC(F)(F)F)n1. The fraction of sp³-hybridized carbons (Fsp3) is 0.423. The van der Waals surface area contributed by atoms with Gasteiger partial charge in [-0.2, -0.15) is 18.2 Å². The van der Waals surface area contributed by atoms with Crippen molar-refractivity contribution in [1.82, 2.24) is 34.6 Å². The lowest BCUT2D eigenvalue weighted by Gasteiger charge is -2.34. The van der Waals surface area contributed by atoms with E-state index in [1.54, 1.807) is 0 Å². The average Bonchev–Trinajstić information content (AvgIpc) is 3.07. The summed E-state index contributed by atoms with van der Waals surface area (Å²) in [5.41, 5.74) is 1.66. The highest BCUT2D eigenvalue weighted by Gasteiger charge is 2.33. The topological polar surface area (TPSA) is 103 Å². The van der Waals surface area contributed by atoms with Gasteiger partial charge in [-0.1, -0.05) is 26.8 Å². The summed E-state index contributed by atoms with van der Waals surface area (Å²) in [5.74, 6) is 0.671. The molecule has 200 valence electrons. The molecule has 3 aromatic heterocycles. The van der Waals surface area contributed by atoms with Crippen LogP contribution in [0.3, 0.4) is 0 Å². The van der Waals surface area contributed by atoms with Crippen LogP contribution in [0, 0.1) is 0 Å². The van der Waals surface area contributed by atoms with Crippen molar-refractivity contribution in [2.24, 2.45) is 0 Å². The summed E-state index contributed by atoms with van der Waals surface area (Å²) >= 11 is 0. The summed E-state index contributed by atoms with van der Waals surface area (Å²) in [6, 6.07) is 7.42. The van der Waals surface area contributed by atoms with E-state index in [1.165, 1.54) is 29.6 Å². The Balaban J connectivity index is 1.63. The van der Waals surface area contributed by atoms with Crippen LogP contribution in [0.4, 0.5) is 24.8 Å². The van der Waals surface area contributed by atoms with Gasteiger partial charge in [0.15, 0.2) is 11.5 Å². The lowest BCUT2D eigenvalue weighted by molar-refractivity contribution is -0.144. The summed E-state index contributed by atoms with van der Waals surface area (Å²) in [7, 11) is 0. The fourth-order valence-electron chi connectivity index (χ4n) is 4.68. The summed E-state index contributed by atoms with van der Waals surface area (Å²) < 4.78 is 42.2. The Labute approximate surface area is 217 Å². The molecule has 12 heteroatoms. The first kappa shape index (κ1) is 25.8. The van der Waals surface area contributed by atoms with Crippen LogP contribution in [0.25, 0.3) is 16.9 Å². The molecule has 0 saturated heterocycles. The van der Waals surface area contributed by atoms with E-state index in [1.807, 2.05) is 39.0 Å². The number of anilines is 2. The molecule has 4 aromatic rings. The largest absolute Gasteiger partial charge is 0.408 e. The van der Waals surface area contributed by atoms with Gasteiger partial charge in [0.25, 0.3) is 5.56 Å². The number of benzene rings is 1. The molecule has 0 spiro atoms. The van der Waals surface area contributed by atoms with Gasteiger partial charge >= 0.3 is 6.18 Å². The molecule has 38 heavy (non-hydrogen) atoms. The Kier molecular flexibility index (Phi) is 6.05. The van der Waals surface area contributed by atoms with Gasteiger partial charge in [0, 0.05) is 35.1 Å². The number of aromatic nitrogens is 6. The molecule has 0 atom stereocenters. The zero-order valence-corrected chi connectivity index (χ0v) is 21.8. The molecule has 0 radical (unpaired) electrons. The third kappa shape index (κ3) is 4.87. The molecule has 0 amide bonds. The van der Waals surface area contributed by atoms with E-state index in [0.29, 0.717) is 10.5 Å². The minimum Gasteiger partial charge on any atom is -0.324 e. The number of fused-ring (bicyclic) bond motifs is 2. The van der Waals surface area contributed by atoms with Gasteiger partial charge in [0.05, 0.1) is 0 Å². The molecule has 1 aliphatic rings. The molecule has 9 nitrogen and oxygen atoms in total. The third-order valence-corrected chi connectivity index (χ3v) is 6.53. The first-order valence-corrected chi connectivity index (χ1v) is 12.3. The third-order valence-electron chi connectivity index (χ3n) is 6.53. The van der Waals surface area contributed by atoms with E-state index in [-0.39, 0.29) is 28.3 Å². The maximum Gasteiger partial charge on any atom is 0.408 e. The first-order valence-electron chi connectivity index (χ1n) is 12.3. The van der Waals surface area contributed by atoms with Crippen LogP contribution in [0.5, 0.6) is 0 Å². The second-order valence-electron chi connectivity index (χ2n) is 11.0. The molecule has 2 N–H and O–H groups in total. The van der Waals surface area contributed by atoms with Crippen molar-refractivity contribution < 1.29 is 13.2 Å². The highest BCUT2D eigenvalue weighted by atomic mass is 19.4. The molecule has 5 rings (SSSR count). The summed E-state index contributed by atoms with van der Waals surface area (Å²) in [4.78, 5) is 30.5. The Morgan fingerprint density at radius 1 is 1.11 bits per heavy atom. The minimum absolute atomic E-state index is 0.0126. The average molecular weight is 527 g/mol. The van der Waals surface area contributed by atoms with E-state index >= 15 is 0 Å². The molecular weight excluding hydrogens is 497 g/mol. The van der Waals surface area contributed by atoms with Gasteiger partial charge in [0.2, 0.25) is 5.95 Å². The van der Waals surface area contributed by atoms with E-state index in [9.17, 15) is 18.0 Å². The smallest absolute Gasteiger partial charge is 0.324 e. The number of halogens is 3. The molecule has 4 heterocycles. The lowest BCUT2D eigenvalue weighted by atomic mass is 9.85. The molecule has 0 unspecified atom stereocenters. The van der Waals surface area contributed by atoms with Crippen molar-refractivity contribution in [2.75, 3.05) is 11.9 Å². The Morgan fingerprint density at radius 2 is 1.87 bits per heavy atom. The molecule has 0 saturated carbocycles. The highest BCUT2D eigenvalue weighted by Crippen LogP contribution is 2.31. The minimum atomic E-state index is -4.64. The number of rotatable bonds is 4. The van der Waals surface area contributed by atoms with Crippen LogP contribution < -0.4 is 16.2 Å². The predicted molar refractivity (Wildman–Crippen MR) is 138 cm³/mol. The van der Waals surface area contributed by atoms with Gasteiger partial charge in [0.1, 0.15) is 17.8 Å². The number of nitrogens with zero attached hydrogens (tertiary/aromatic N) is 6. The van der Waals surface area contributed by atoms with Crippen LogP contribution in [-0.4, -0.2) is 42.0 Å². The molecule has 0 fully saturated rings. The second-order valence-corrected chi connectivity index (χ2v) is 11.0.